The van der Waals surface area contributed by atoms with E-state index in [2.05, 4.69) is 29.2 Å². The number of carbonyl (C=O) groups excluding carboxylic acids is 2. The van der Waals surface area contributed by atoms with E-state index in [9.17, 15) is 9.59 Å². The molecule has 0 spiro atoms. The summed E-state index contributed by atoms with van der Waals surface area (Å²) in [6.45, 7) is 3.96. The van der Waals surface area contributed by atoms with Crippen molar-refractivity contribution >= 4 is 57.8 Å². The summed E-state index contributed by atoms with van der Waals surface area (Å²) in [4.78, 5) is 27.3. The highest BCUT2D eigenvalue weighted by atomic mass is 127. The van der Waals surface area contributed by atoms with Crippen molar-refractivity contribution in [3.05, 3.63) is 39.5 Å². The van der Waals surface area contributed by atoms with Crippen LogP contribution in [-0.4, -0.2) is 54.5 Å². The molecule has 1 saturated heterocycles. The Kier molecular flexibility index (Phi) is 6.17. The van der Waals surface area contributed by atoms with Gasteiger partial charge in [0.2, 0.25) is 0 Å². The van der Waals surface area contributed by atoms with Crippen LogP contribution in [0.4, 0.5) is 0 Å². The lowest BCUT2D eigenvalue weighted by molar-refractivity contribution is -0.132. The zero-order chi connectivity index (χ0) is 18.7. The first kappa shape index (κ1) is 19.4. The van der Waals surface area contributed by atoms with Gasteiger partial charge in [0.1, 0.15) is 12.2 Å². The number of hydrogen-bond acceptors (Lipinski definition) is 5. The quantitative estimate of drug-likeness (QED) is 0.217. The third kappa shape index (κ3) is 3.84. The van der Waals surface area contributed by atoms with E-state index in [-0.39, 0.29) is 10.7 Å². The van der Waals surface area contributed by atoms with Crippen molar-refractivity contribution in [1.82, 2.24) is 9.80 Å². The summed E-state index contributed by atoms with van der Waals surface area (Å²) in [5.41, 5.74) is 0.690. The molecule has 1 aromatic rings. The van der Waals surface area contributed by atoms with Crippen LogP contribution in [0.2, 0.25) is 0 Å². The van der Waals surface area contributed by atoms with Crippen molar-refractivity contribution in [2.75, 3.05) is 27.8 Å². The topological polar surface area (TPSA) is 59.1 Å². The number of ether oxygens (including phenoxy) is 2. The van der Waals surface area contributed by atoms with Crippen LogP contribution in [0.3, 0.4) is 0 Å². The molecule has 0 aromatic heterocycles. The van der Waals surface area contributed by atoms with Gasteiger partial charge in [0.15, 0.2) is 16.6 Å². The van der Waals surface area contributed by atoms with Crippen LogP contribution >= 0.6 is 34.8 Å². The summed E-state index contributed by atoms with van der Waals surface area (Å²) in [7, 11) is 4.61. The monoisotopic (exact) mass is 472 g/mol. The van der Waals surface area contributed by atoms with E-state index in [1.165, 1.54) is 37.1 Å². The molecule has 0 bridgehead atoms. The van der Waals surface area contributed by atoms with Crippen molar-refractivity contribution in [3.8, 4) is 11.5 Å². The Hall–Kier alpha value is -1.94. The number of halogens is 1. The van der Waals surface area contributed by atoms with Gasteiger partial charge in [0.25, 0.3) is 11.8 Å². The van der Waals surface area contributed by atoms with Gasteiger partial charge in [-0.15, -0.1) is 0 Å². The average molecular weight is 472 g/mol. The van der Waals surface area contributed by atoms with Crippen molar-refractivity contribution < 1.29 is 19.1 Å². The molecule has 0 unspecified atom stereocenters. The maximum absolute atomic E-state index is 12.4. The van der Waals surface area contributed by atoms with Gasteiger partial charge in [-0.25, -0.2) is 0 Å². The van der Waals surface area contributed by atoms with Gasteiger partial charge in [0, 0.05) is 14.1 Å². The smallest absolute Gasteiger partial charge is 0.265 e. The van der Waals surface area contributed by atoms with Crippen LogP contribution in [0.5, 0.6) is 11.5 Å². The van der Waals surface area contributed by atoms with Crippen LogP contribution in [0, 0.1) is 3.57 Å². The van der Waals surface area contributed by atoms with Crippen LogP contribution in [-0.2, 0) is 9.59 Å². The average Bonchev–Trinajstić information content (AvgIpc) is 2.60. The number of hydrogen-bond donors (Lipinski definition) is 0. The summed E-state index contributed by atoms with van der Waals surface area (Å²) in [5.74, 6) is 0.221. The predicted octanol–water partition coefficient (Wildman–Crippen LogP) is 2.46. The molecule has 0 aliphatic carbocycles. The fourth-order valence-electron chi connectivity index (χ4n) is 2.25. The Morgan fingerprint density at radius 2 is 1.84 bits per heavy atom. The number of amides is 2. The summed E-state index contributed by atoms with van der Waals surface area (Å²) in [5, 5.41) is 0.174. The van der Waals surface area contributed by atoms with Gasteiger partial charge in [-0.05, 0) is 58.6 Å². The van der Waals surface area contributed by atoms with Gasteiger partial charge < -0.3 is 9.47 Å². The van der Waals surface area contributed by atoms with E-state index in [4.69, 9.17) is 21.7 Å². The molecule has 0 saturated carbocycles. The summed E-state index contributed by atoms with van der Waals surface area (Å²) in [6.07, 6.45) is 3.17. The molecule has 8 heteroatoms. The van der Waals surface area contributed by atoms with E-state index >= 15 is 0 Å². The molecule has 1 heterocycles. The molecule has 1 aromatic carbocycles. The minimum absolute atomic E-state index is 0.0382. The maximum Gasteiger partial charge on any atom is 0.265 e. The van der Waals surface area contributed by atoms with Gasteiger partial charge in [-0.1, -0.05) is 12.7 Å². The molecule has 0 atom stereocenters. The molecule has 6 nitrogen and oxygen atoms in total. The number of methoxy groups -OCH3 is 1. The fraction of sp³-hybridized carbons (Fsp3) is 0.235. The standard InChI is InChI=1S/C17H17IN2O4S/c1-5-6-24-14-12(18)8-10(9-13(14)23-4)7-11-15(21)19(2)17(25)20(3)16(11)22/h5,7-9H,1,6H2,2-4H3. The summed E-state index contributed by atoms with van der Waals surface area (Å²) in [6, 6.07) is 3.52. The molecular weight excluding hydrogens is 455 g/mol. The Bertz CT molecular complexity index is 765. The number of nitrogens with zero attached hydrogens (tertiary/aromatic N) is 2. The lowest BCUT2D eigenvalue weighted by Gasteiger charge is -2.31. The van der Waals surface area contributed by atoms with Gasteiger partial charge >= 0.3 is 0 Å². The minimum Gasteiger partial charge on any atom is -0.493 e. The highest BCUT2D eigenvalue weighted by Gasteiger charge is 2.35. The summed E-state index contributed by atoms with van der Waals surface area (Å²) < 4.78 is 11.8. The van der Waals surface area contributed by atoms with Crippen LogP contribution in [0.15, 0.2) is 30.4 Å². The minimum atomic E-state index is -0.436. The van der Waals surface area contributed by atoms with E-state index in [0.29, 0.717) is 23.7 Å². The second-order valence-corrected chi connectivity index (χ2v) is 6.73. The zero-order valence-electron chi connectivity index (χ0n) is 14.0. The molecule has 1 fully saturated rings. The number of rotatable bonds is 5. The third-order valence-electron chi connectivity index (χ3n) is 3.55. The van der Waals surface area contributed by atoms with E-state index in [1.807, 2.05) is 6.07 Å². The van der Waals surface area contributed by atoms with E-state index in [0.717, 1.165) is 3.57 Å². The number of carbonyl (C=O) groups is 2. The molecule has 132 valence electrons. The second-order valence-electron chi connectivity index (χ2n) is 5.20. The normalized spacial score (nSPS) is 14.7. The predicted molar refractivity (Wildman–Crippen MR) is 108 cm³/mol. The third-order valence-corrected chi connectivity index (χ3v) is 4.90. The Morgan fingerprint density at radius 1 is 1.24 bits per heavy atom. The Balaban J connectivity index is 2.48. The first-order valence-corrected chi connectivity index (χ1v) is 8.73. The van der Waals surface area contributed by atoms with Crippen LogP contribution in [0.1, 0.15) is 5.56 Å². The van der Waals surface area contributed by atoms with Crippen molar-refractivity contribution in [1.29, 1.82) is 0 Å². The van der Waals surface area contributed by atoms with Gasteiger partial charge in [0.05, 0.1) is 10.7 Å². The van der Waals surface area contributed by atoms with Crippen molar-refractivity contribution in [3.63, 3.8) is 0 Å². The number of likely N-dealkylation sites (N-methyl/N-ethyl adjacent to an activating group) is 2. The van der Waals surface area contributed by atoms with E-state index in [1.54, 1.807) is 12.1 Å². The maximum atomic E-state index is 12.4. The van der Waals surface area contributed by atoms with Crippen molar-refractivity contribution in [2.45, 2.75) is 0 Å². The van der Waals surface area contributed by atoms with Gasteiger partial charge in [-0.3, -0.25) is 19.4 Å². The van der Waals surface area contributed by atoms with Crippen LogP contribution in [0.25, 0.3) is 6.08 Å². The molecule has 1 aliphatic rings. The fourth-order valence-corrected chi connectivity index (χ4v) is 3.19. The highest BCUT2D eigenvalue weighted by molar-refractivity contribution is 14.1. The molecule has 2 amide bonds. The Morgan fingerprint density at radius 3 is 2.36 bits per heavy atom. The SMILES string of the molecule is C=CCOc1c(I)cc(C=C2C(=O)N(C)C(=S)N(C)C2=O)cc1OC. The molecule has 1 aliphatic heterocycles. The largest absolute Gasteiger partial charge is 0.493 e. The number of thiocarbonyl (C=S) groups is 1. The van der Waals surface area contributed by atoms with Gasteiger partial charge in [-0.2, -0.15) is 0 Å². The zero-order valence-corrected chi connectivity index (χ0v) is 17.0. The second kappa shape index (κ2) is 7.96. The van der Waals surface area contributed by atoms with Crippen molar-refractivity contribution in [2.24, 2.45) is 0 Å². The molecule has 25 heavy (non-hydrogen) atoms. The first-order chi connectivity index (χ1) is 11.8. The lowest BCUT2D eigenvalue weighted by atomic mass is 10.1. The highest BCUT2D eigenvalue weighted by Crippen LogP contribution is 2.35. The molecule has 2 rings (SSSR count). The van der Waals surface area contributed by atoms with E-state index < -0.39 is 11.8 Å². The van der Waals surface area contributed by atoms with Crippen LogP contribution < -0.4 is 9.47 Å². The molecular formula is C17H17IN2O4S. The molecule has 0 N–H and O–H groups in total. The number of benzene rings is 1. The molecule has 0 radical (unpaired) electrons. The first-order valence-electron chi connectivity index (χ1n) is 7.24. The Labute approximate surface area is 165 Å². The lowest BCUT2D eigenvalue weighted by Crippen LogP contribution is -2.52. The summed E-state index contributed by atoms with van der Waals surface area (Å²) >= 11 is 7.19.